The summed E-state index contributed by atoms with van der Waals surface area (Å²) in [6, 6.07) is 3.84. The highest BCUT2D eigenvalue weighted by Gasteiger charge is 2.25. The van der Waals surface area contributed by atoms with E-state index in [0.29, 0.717) is 23.2 Å². The van der Waals surface area contributed by atoms with Crippen LogP contribution < -0.4 is 15.8 Å². The second-order valence-corrected chi connectivity index (χ2v) is 10.4. The maximum Gasteiger partial charge on any atom is 0.264 e. The Hall–Kier alpha value is -2.79. The molecule has 0 bridgehead atoms. The number of nitrogens with zero attached hydrogens (tertiary/aromatic N) is 5. The largest absolute Gasteiger partial charge is 0.351 e. The fourth-order valence-electron chi connectivity index (χ4n) is 4.64. The predicted molar refractivity (Wildman–Crippen MR) is 122 cm³/mol. The van der Waals surface area contributed by atoms with Gasteiger partial charge < -0.3 is 15.6 Å². The molecule has 0 saturated heterocycles. The van der Waals surface area contributed by atoms with E-state index in [0.717, 1.165) is 38.5 Å². The fourth-order valence-corrected chi connectivity index (χ4v) is 5.61. The van der Waals surface area contributed by atoms with Crippen LogP contribution in [0.25, 0.3) is 11.2 Å². The highest BCUT2D eigenvalue weighted by molar-refractivity contribution is 7.92. The lowest BCUT2D eigenvalue weighted by Gasteiger charge is -2.27. The van der Waals surface area contributed by atoms with Crippen molar-refractivity contribution >= 4 is 33.0 Å². The van der Waals surface area contributed by atoms with E-state index in [1.165, 1.54) is 31.3 Å². The molecule has 2 aliphatic carbocycles. The minimum Gasteiger partial charge on any atom is -0.351 e. The van der Waals surface area contributed by atoms with E-state index < -0.39 is 10.0 Å². The number of anilines is 2. The number of hydrogen-bond acceptors (Lipinski definition) is 8. The Labute approximate surface area is 187 Å². The van der Waals surface area contributed by atoms with Crippen molar-refractivity contribution in [3.8, 4) is 0 Å². The number of fused-ring (bicyclic) bond motifs is 1. The molecule has 0 aromatic carbocycles. The molecular weight excluding hydrogens is 428 g/mol. The molecular formula is C21H28N8O2S. The standard InChI is InChI=1S/C21H28N8O2S/c22-14-7-9-15(10-8-14)25-21-26-19(28-32(30,31)17-6-3-11-23-12-17)18-20(27-21)29(13-24-18)16-4-1-2-5-16/h3,6,11-16H,1-2,4-5,7-10,22H2,(H2,25,26,27,28). The first-order chi connectivity index (χ1) is 15.5. The molecule has 10 nitrogen and oxygen atoms in total. The van der Waals surface area contributed by atoms with E-state index in [2.05, 4.69) is 29.6 Å². The van der Waals surface area contributed by atoms with Crippen LogP contribution in [0, 0.1) is 0 Å². The average molecular weight is 457 g/mol. The summed E-state index contributed by atoms with van der Waals surface area (Å²) in [7, 11) is -3.87. The number of hydrogen-bond donors (Lipinski definition) is 3. The number of aromatic nitrogens is 5. The molecule has 0 unspecified atom stereocenters. The topological polar surface area (TPSA) is 141 Å². The van der Waals surface area contributed by atoms with Crippen LogP contribution in [0.1, 0.15) is 57.4 Å². The van der Waals surface area contributed by atoms with Crippen LogP contribution in [0.15, 0.2) is 35.7 Å². The van der Waals surface area contributed by atoms with Gasteiger partial charge in [-0.2, -0.15) is 9.97 Å². The van der Waals surface area contributed by atoms with Crippen LogP contribution in [-0.2, 0) is 10.0 Å². The Morgan fingerprint density at radius 1 is 1.06 bits per heavy atom. The molecule has 170 valence electrons. The number of nitrogens with two attached hydrogens (primary N) is 1. The van der Waals surface area contributed by atoms with Crippen molar-refractivity contribution < 1.29 is 8.42 Å². The van der Waals surface area contributed by atoms with E-state index in [1.807, 2.05) is 0 Å². The summed E-state index contributed by atoms with van der Waals surface area (Å²) >= 11 is 0. The smallest absolute Gasteiger partial charge is 0.264 e. The van der Waals surface area contributed by atoms with Crippen molar-refractivity contribution in [3.63, 3.8) is 0 Å². The van der Waals surface area contributed by atoms with Gasteiger partial charge in [0.15, 0.2) is 17.0 Å². The highest BCUT2D eigenvalue weighted by atomic mass is 32.2. The number of imidazole rings is 1. The molecule has 3 aromatic heterocycles. The summed E-state index contributed by atoms with van der Waals surface area (Å²) in [4.78, 5) is 17.8. The minimum atomic E-state index is -3.87. The van der Waals surface area contributed by atoms with Crippen LogP contribution >= 0.6 is 0 Å². The molecule has 3 aromatic rings. The van der Waals surface area contributed by atoms with Gasteiger partial charge in [0.05, 0.1) is 6.33 Å². The first-order valence-corrected chi connectivity index (χ1v) is 12.7. The fraction of sp³-hybridized carbons (Fsp3) is 0.524. The lowest BCUT2D eigenvalue weighted by Crippen LogP contribution is -2.33. The van der Waals surface area contributed by atoms with Crippen LogP contribution in [0.5, 0.6) is 0 Å². The van der Waals surface area contributed by atoms with Crippen LogP contribution in [-0.4, -0.2) is 45.0 Å². The maximum absolute atomic E-state index is 13.0. The molecule has 2 fully saturated rings. The molecule has 3 heterocycles. The third-order valence-corrected chi connectivity index (χ3v) is 7.74. The summed E-state index contributed by atoms with van der Waals surface area (Å²) in [5.74, 6) is 0.576. The summed E-state index contributed by atoms with van der Waals surface area (Å²) in [6.07, 6.45) is 12.8. The molecule has 2 saturated carbocycles. The van der Waals surface area contributed by atoms with Crippen LogP contribution in [0.2, 0.25) is 0 Å². The number of nitrogens with one attached hydrogen (secondary N) is 2. The lowest BCUT2D eigenvalue weighted by atomic mass is 9.92. The molecule has 5 rings (SSSR count). The summed E-state index contributed by atoms with van der Waals surface area (Å²) in [5.41, 5.74) is 7.13. The van der Waals surface area contributed by atoms with Gasteiger partial charge in [-0.25, -0.2) is 13.4 Å². The average Bonchev–Trinajstić information content (AvgIpc) is 3.46. The van der Waals surface area contributed by atoms with Gasteiger partial charge in [0, 0.05) is 30.5 Å². The van der Waals surface area contributed by atoms with Gasteiger partial charge in [-0.15, -0.1) is 0 Å². The molecule has 11 heteroatoms. The van der Waals surface area contributed by atoms with E-state index in [4.69, 9.17) is 10.7 Å². The minimum absolute atomic E-state index is 0.0674. The van der Waals surface area contributed by atoms with Gasteiger partial charge in [0.2, 0.25) is 5.95 Å². The highest BCUT2D eigenvalue weighted by Crippen LogP contribution is 2.33. The van der Waals surface area contributed by atoms with Gasteiger partial charge in [0.1, 0.15) is 4.90 Å². The molecule has 0 aliphatic heterocycles. The van der Waals surface area contributed by atoms with E-state index in [9.17, 15) is 8.42 Å². The van der Waals surface area contributed by atoms with Gasteiger partial charge in [-0.3, -0.25) is 9.71 Å². The van der Waals surface area contributed by atoms with Crippen molar-refractivity contribution in [1.82, 2.24) is 24.5 Å². The van der Waals surface area contributed by atoms with Crippen LogP contribution in [0.3, 0.4) is 0 Å². The van der Waals surface area contributed by atoms with E-state index >= 15 is 0 Å². The Bertz CT molecular complexity index is 1180. The van der Waals surface area contributed by atoms with E-state index in [-0.39, 0.29) is 22.8 Å². The molecule has 0 spiro atoms. The Balaban J connectivity index is 1.53. The van der Waals surface area contributed by atoms with Crippen molar-refractivity contribution in [1.29, 1.82) is 0 Å². The maximum atomic E-state index is 13.0. The molecule has 0 atom stereocenters. The molecule has 32 heavy (non-hydrogen) atoms. The molecule has 0 amide bonds. The Morgan fingerprint density at radius 3 is 2.56 bits per heavy atom. The van der Waals surface area contributed by atoms with Crippen molar-refractivity contribution in [3.05, 3.63) is 30.9 Å². The summed E-state index contributed by atoms with van der Waals surface area (Å²) in [5, 5.41) is 3.40. The van der Waals surface area contributed by atoms with Crippen molar-refractivity contribution in [2.75, 3.05) is 10.0 Å². The Kier molecular flexibility index (Phi) is 5.68. The predicted octanol–water partition coefficient (Wildman–Crippen LogP) is 2.82. The third-order valence-electron chi connectivity index (χ3n) is 6.42. The second kappa shape index (κ2) is 8.62. The van der Waals surface area contributed by atoms with Crippen molar-refractivity contribution in [2.45, 2.75) is 74.4 Å². The SMILES string of the molecule is NC1CCC(Nc2nc(NS(=O)(=O)c3cccnc3)c3ncn(C4CCCC4)c3n2)CC1. The lowest BCUT2D eigenvalue weighted by molar-refractivity contribution is 0.410. The third kappa shape index (κ3) is 4.26. The molecule has 4 N–H and O–H groups in total. The zero-order valence-electron chi connectivity index (χ0n) is 17.8. The molecule has 2 aliphatic rings. The van der Waals surface area contributed by atoms with Gasteiger partial charge in [0.25, 0.3) is 10.0 Å². The van der Waals surface area contributed by atoms with Gasteiger partial charge in [-0.05, 0) is 50.7 Å². The quantitative estimate of drug-likeness (QED) is 0.514. The van der Waals surface area contributed by atoms with E-state index in [1.54, 1.807) is 12.4 Å². The summed E-state index contributed by atoms with van der Waals surface area (Å²) in [6.45, 7) is 0. The van der Waals surface area contributed by atoms with Gasteiger partial charge in [-0.1, -0.05) is 12.8 Å². The van der Waals surface area contributed by atoms with Crippen molar-refractivity contribution in [2.24, 2.45) is 5.73 Å². The first-order valence-electron chi connectivity index (χ1n) is 11.2. The number of rotatable bonds is 6. The zero-order chi connectivity index (χ0) is 22.1. The van der Waals surface area contributed by atoms with Gasteiger partial charge >= 0.3 is 0 Å². The van der Waals surface area contributed by atoms with Crippen LogP contribution in [0.4, 0.5) is 11.8 Å². The zero-order valence-corrected chi connectivity index (χ0v) is 18.6. The second-order valence-electron chi connectivity index (χ2n) is 8.71. The normalized spacial score (nSPS) is 22.3. The summed E-state index contributed by atoms with van der Waals surface area (Å²) < 4.78 is 30.6. The molecule has 0 radical (unpaired) electrons. The number of sulfonamides is 1. The monoisotopic (exact) mass is 456 g/mol. The first kappa shape index (κ1) is 21.1. The number of pyridine rings is 1. The Morgan fingerprint density at radius 2 is 1.84 bits per heavy atom.